The fourth-order valence-electron chi connectivity index (χ4n) is 7.44. The van der Waals surface area contributed by atoms with Crippen LogP contribution in [0.3, 0.4) is 0 Å². The molecule has 0 saturated carbocycles. The first kappa shape index (κ1) is 27.5. The van der Waals surface area contributed by atoms with Gasteiger partial charge in [-0.2, -0.15) is 0 Å². The summed E-state index contributed by atoms with van der Waals surface area (Å²) in [6.45, 7) is 0. The Hall–Kier alpha value is -6.65. The Morgan fingerprint density at radius 2 is 0.837 bits per heavy atom. The van der Waals surface area contributed by atoms with Gasteiger partial charge in [0, 0.05) is 32.8 Å². The number of aromatic nitrogens is 4. The molecule has 0 spiro atoms. The van der Waals surface area contributed by atoms with E-state index >= 15 is 0 Å². The smallest absolute Gasteiger partial charge is 0.164 e. The molecular formula is C45H28N4. The molecule has 228 valence electrons. The third-order valence-corrected chi connectivity index (χ3v) is 9.64. The first-order valence-electron chi connectivity index (χ1n) is 16.5. The minimum atomic E-state index is 0.645. The van der Waals surface area contributed by atoms with Gasteiger partial charge in [-0.15, -0.1) is 0 Å². The minimum absolute atomic E-state index is 0.645. The van der Waals surface area contributed by atoms with E-state index in [0.29, 0.717) is 17.5 Å². The molecule has 0 radical (unpaired) electrons. The van der Waals surface area contributed by atoms with Crippen molar-refractivity contribution < 1.29 is 0 Å². The van der Waals surface area contributed by atoms with Crippen LogP contribution >= 0.6 is 0 Å². The minimum Gasteiger partial charge on any atom is -0.309 e. The third-order valence-electron chi connectivity index (χ3n) is 9.64. The second kappa shape index (κ2) is 11.0. The first-order valence-corrected chi connectivity index (χ1v) is 16.5. The van der Waals surface area contributed by atoms with Crippen LogP contribution in [0.25, 0.3) is 94.0 Å². The predicted molar refractivity (Wildman–Crippen MR) is 203 cm³/mol. The van der Waals surface area contributed by atoms with Crippen molar-refractivity contribution >= 4 is 54.1 Å². The van der Waals surface area contributed by atoms with E-state index in [4.69, 9.17) is 15.0 Å². The molecule has 0 aliphatic carbocycles. The average molecular weight is 625 g/mol. The maximum atomic E-state index is 5.27. The summed E-state index contributed by atoms with van der Waals surface area (Å²) < 4.78 is 2.38. The van der Waals surface area contributed by atoms with Gasteiger partial charge in [0.15, 0.2) is 17.5 Å². The summed E-state index contributed by atoms with van der Waals surface area (Å²) in [4.78, 5) is 15.6. The largest absolute Gasteiger partial charge is 0.309 e. The summed E-state index contributed by atoms with van der Waals surface area (Å²) in [7, 11) is 0. The van der Waals surface area contributed by atoms with Crippen LogP contribution in [0.15, 0.2) is 170 Å². The summed E-state index contributed by atoms with van der Waals surface area (Å²) >= 11 is 0. The van der Waals surface area contributed by atoms with Crippen LogP contribution in [0.2, 0.25) is 0 Å². The van der Waals surface area contributed by atoms with Crippen molar-refractivity contribution in [1.82, 2.24) is 19.5 Å². The molecule has 8 aromatic carbocycles. The van der Waals surface area contributed by atoms with E-state index in [2.05, 4.69) is 156 Å². The molecule has 0 atom stereocenters. The lowest BCUT2D eigenvalue weighted by Gasteiger charge is -2.15. The summed E-state index contributed by atoms with van der Waals surface area (Å²) in [6.07, 6.45) is 0. The van der Waals surface area contributed by atoms with Gasteiger partial charge in [-0.3, -0.25) is 0 Å². The fraction of sp³-hybridized carbons (Fsp3) is 0. The third kappa shape index (κ3) is 4.35. The van der Waals surface area contributed by atoms with E-state index in [1.807, 2.05) is 18.2 Å². The SMILES string of the molecule is c1ccc(-c2nc(-c3cccc4c(-n5c6ccccc6c6ccccc65)cccc34)nc(-c3cc4ccccc4c4ccccc34)n2)cc1. The van der Waals surface area contributed by atoms with Gasteiger partial charge < -0.3 is 4.57 Å². The van der Waals surface area contributed by atoms with E-state index in [1.54, 1.807) is 0 Å². The molecule has 49 heavy (non-hydrogen) atoms. The van der Waals surface area contributed by atoms with Crippen molar-refractivity contribution in [1.29, 1.82) is 0 Å². The molecule has 2 heterocycles. The zero-order chi connectivity index (χ0) is 32.3. The van der Waals surface area contributed by atoms with Crippen LogP contribution in [0, 0.1) is 0 Å². The maximum Gasteiger partial charge on any atom is 0.164 e. The molecule has 0 N–H and O–H groups in total. The number of hydrogen-bond donors (Lipinski definition) is 0. The zero-order valence-electron chi connectivity index (χ0n) is 26.5. The van der Waals surface area contributed by atoms with Gasteiger partial charge in [-0.25, -0.2) is 15.0 Å². The van der Waals surface area contributed by atoms with Crippen molar-refractivity contribution in [2.24, 2.45) is 0 Å². The van der Waals surface area contributed by atoms with E-state index in [0.717, 1.165) is 43.9 Å². The lowest BCUT2D eigenvalue weighted by atomic mass is 9.96. The fourth-order valence-corrected chi connectivity index (χ4v) is 7.44. The van der Waals surface area contributed by atoms with Gasteiger partial charge in [0.2, 0.25) is 0 Å². The molecule has 2 aromatic heterocycles. The highest BCUT2D eigenvalue weighted by molar-refractivity contribution is 6.14. The van der Waals surface area contributed by atoms with E-state index in [1.165, 1.54) is 32.6 Å². The monoisotopic (exact) mass is 624 g/mol. The van der Waals surface area contributed by atoms with Crippen molar-refractivity contribution in [3.05, 3.63) is 170 Å². The molecule has 0 aliphatic rings. The van der Waals surface area contributed by atoms with Crippen molar-refractivity contribution in [2.75, 3.05) is 0 Å². The highest BCUT2D eigenvalue weighted by atomic mass is 15.0. The van der Waals surface area contributed by atoms with Crippen LogP contribution in [-0.2, 0) is 0 Å². The summed E-state index contributed by atoms with van der Waals surface area (Å²) in [5.41, 5.74) is 6.38. The van der Waals surface area contributed by atoms with E-state index in [9.17, 15) is 0 Å². The Labute approximate surface area is 282 Å². The molecule has 0 bridgehead atoms. The highest BCUT2D eigenvalue weighted by Gasteiger charge is 2.19. The molecule has 0 saturated heterocycles. The van der Waals surface area contributed by atoms with Gasteiger partial charge >= 0.3 is 0 Å². The van der Waals surface area contributed by atoms with Crippen LogP contribution < -0.4 is 0 Å². The highest BCUT2D eigenvalue weighted by Crippen LogP contribution is 2.38. The summed E-state index contributed by atoms with van der Waals surface area (Å²) in [5.74, 6) is 1.95. The molecule has 10 aromatic rings. The second-order valence-electron chi connectivity index (χ2n) is 12.4. The predicted octanol–water partition coefficient (Wildman–Crippen LogP) is 11.4. The molecule has 0 amide bonds. The van der Waals surface area contributed by atoms with Crippen molar-refractivity contribution in [3.8, 4) is 39.9 Å². The Bertz CT molecular complexity index is 2830. The van der Waals surface area contributed by atoms with Gasteiger partial charge in [-0.1, -0.05) is 146 Å². The Kier molecular flexibility index (Phi) is 6.15. The number of fused-ring (bicyclic) bond motifs is 7. The molecule has 4 heteroatoms. The lowest BCUT2D eigenvalue weighted by Crippen LogP contribution is -2.01. The zero-order valence-corrected chi connectivity index (χ0v) is 26.5. The van der Waals surface area contributed by atoms with Crippen LogP contribution in [-0.4, -0.2) is 19.5 Å². The molecule has 0 aliphatic heterocycles. The van der Waals surface area contributed by atoms with E-state index in [-0.39, 0.29) is 0 Å². The quantitative estimate of drug-likeness (QED) is 0.183. The van der Waals surface area contributed by atoms with Gasteiger partial charge in [-0.05, 0) is 51.2 Å². The average Bonchev–Trinajstić information content (AvgIpc) is 3.51. The lowest BCUT2D eigenvalue weighted by molar-refractivity contribution is 1.08. The topological polar surface area (TPSA) is 43.6 Å². The van der Waals surface area contributed by atoms with Gasteiger partial charge in [0.1, 0.15) is 0 Å². The molecule has 4 nitrogen and oxygen atoms in total. The number of rotatable bonds is 4. The molecular weight excluding hydrogens is 597 g/mol. The molecule has 0 fully saturated rings. The number of nitrogens with zero attached hydrogens (tertiary/aromatic N) is 4. The van der Waals surface area contributed by atoms with Crippen LogP contribution in [0.1, 0.15) is 0 Å². The maximum absolute atomic E-state index is 5.27. The summed E-state index contributed by atoms with van der Waals surface area (Å²) in [5, 5.41) is 9.36. The standard InChI is InChI=1S/C45H28N4/c1-2-14-29(15-3-1)43-46-44(48-45(47-43)39-28-30-16-4-5-17-31(30)32-18-6-7-19-33(32)39)38-24-12-23-35-34(38)22-13-27-42(35)49-40-25-10-8-20-36(40)37-21-9-11-26-41(37)49/h1-28H. The van der Waals surface area contributed by atoms with Gasteiger partial charge in [0.25, 0.3) is 0 Å². The Morgan fingerprint density at radius 1 is 0.327 bits per heavy atom. The van der Waals surface area contributed by atoms with E-state index < -0.39 is 0 Å². The van der Waals surface area contributed by atoms with Gasteiger partial charge in [0.05, 0.1) is 16.7 Å². The van der Waals surface area contributed by atoms with Crippen molar-refractivity contribution in [3.63, 3.8) is 0 Å². The molecule has 10 rings (SSSR count). The number of benzene rings is 8. The molecule has 0 unspecified atom stereocenters. The Morgan fingerprint density at radius 3 is 1.59 bits per heavy atom. The van der Waals surface area contributed by atoms with Crippen LogP contribution in [0.5, 0.6) is 0 Å². The van der Waals surface area contributed by atoms with Crippen LogP contribution in [0.4, 0.5) is 0 Å². The Balaban J connectivity index is 1.25. The summed E-state index contributed by atoms with van der Waals surface area (Å²) in [6, 6.07) is 59.7. The number of para-hydroxylation sites is 2. The van der Waals surface area contributed by atoms with Crippen molar-refractivity contribution in [2.45, 2.75) is 0 Å². The number of hydrogen-bond acceptors (Lipinski definition) is 3. The first-order chi connectivity index (χ1) is 24.3. The normalized spacial score (nSPS) is 11.7. The second-order valence-corrected chi connectivity index (χ2v) is 12.4.